The molecule has 2 N–H and O–H groups in total. The summed E-state index contributed by atoms with van der Waals surface area (Å²) in [6.07, 6.45) is 3.63. The van der Waals surface area contributed by atoms with E-state index in [1.807, 2.05) is 18.2 Å². The Hall–Kier alpha value is -3.02. The first-order valence-corrected chi connectivity index (χ1v) is 10.2. The largest absolute Gasteiger partial charge is 0.497 e. The van der Waals surface area contributed by atoms with Crippen LogP contribution in [0.5, 0.6) is 5.75 Å². The molecule has 1 unspecified atom stereocenters. The molecular formula is C23H28N4O2. The molecular weight excluding hydrogens is 364 g/mol. The van der Waals surface area contributed by atoms with Crippen molar-refractivity contribution in [2.24, 2.45) is 10.7 Å². The second-order valence-electron chi connectivity index (χ2n) is 7.63. The van der Waals surface area contributed by atoms with Crippen molar-refractivity contribution in [3.8, 4) is 5.75 Å². The number of methoxy groups -OCH3 is 1. The molecule has 1 aliphatic heterocycles. The fourth-order valence-electron chi connectivity index (χ4n) is 3.80. The normalized spacial score (nSPS) is 16.2. The predicted octanol–water partition coefficient (Wildman–Crippen LogP) is 4.29. The molecule has 0 amide bonds. The van der Waals surface area contributed by atoms with Gasteiger partial charge in [0.1, 0.15) is 12.3 Å². The lowest BCUT2D eigenvalue weighted by atomic mass is 9.95. The fourth-order valence-corrected chi connectivity index (χ4v) is 3.80. The van der Waals surface area contributed by atoms with Crippen molar-refractivity contribution in [1.29, 1.82) is 0 Å². The average Bonchev–Trinajstić information content (AvgIpc) is 3.26. The van der Waals surface area contributed by atoms with Gasteiger partial charge in [-0.05, 0) is 47.7 Å². The van der Waals surface area contributed by atoms with Gasteiger partial charge >= 0.3 is 0 Å². The summed E-state index contributed by atoms with van der Waals surface area (Å²) in [6.45, 7) is 4.53. The van der Waals surface area contributed by atoms with Crippen LogP contribution in [-0.2, 0) is 6.54 Å². The van der Waals surface area contributed by atoms with Crippen molar-refractivity contribution in [1.82, 2.24) is 10.1 Å². The van der Waals surface area contributed by atoms with Gasteiger partial charge in [-0.1, -0.05) is 36.3 Å². The lowest BCUT2D eigenvalue weighted by Crippen LogP contribution is -2.40. The van der Waals surface area contributed by atoms with E-state index in [0.717, 1.165) is 35.7 Å². The van der Waals surface area contributed by atoms with Gasteiger partial charge in [-0.25, -0.2) is 4.99 Å². The molecule has 1 fully saturated rings. The first kappa shape index (κ1) is 19.3. The number of nitrogens with zero attached hydrogens (tertiary/aromatic N) is 3. The summed E-state index contributed by atoms with van der Waals surface area (Å²) in [5, 5.41) is 6.61. The topological polar surface area (TPSA) is 76.9 Å². The Morgan fingerprint density at radius 1 is 1.14 bits per heavy atom. The highest BCUT2D eigenvalue weighted by Crippen LogP contribution is 2.28. The zero-order chi connectivity index (χ0) is 20.2. The third kappa shape index (κ3) is 4.36. The Labute approximate surface area is 171 Å². The van der Waals surface area contributed by atoms with Crippen LogP contribution in [0.1, 0.15) is 49.1 Å². The van der Waals surface area contributed by atoms with E-state index >= 15 is 0 Å². The van der Waals surface area contributed by atoms with Crippen LogP contribution in [0, 0.1) is 0 Å². The number of hydrogen-bond acceptors (Lipinski definition) is 4. The molecule has 1 atom stereocenters. The molecule has 0 bridgehead atoms. The summed E-state index contributed by atoms with van der Waals surface area (Å²) in [6, 6.07) is 14.5. The van der Waals surface area contributed by atoms with Gasteiger partial charge in [0.2, 0.25) is 0 Å². The summed E-state index contributed by atoms with van der Waals surface area (Å²) in [4.78, 5) is 6.64. The number of piperidine rings is 1. The smallest absolute Gasteiger partial charge is 0.191 e. The van der Waals surface area contributed by atoms with E-state index in [0.29, 0.717) is 12.5 Å². The molecule has 2 aromatic carbocycles. The van der Waals surface area contributed by atoms with Gasteiger partial charge in [-0.3, -0.25) is 0 Å². The molecule has 4 rings (SSSR count). The number of nitrogens with two attached hydrogens (primary N) is 1. The fraction of sp³-hybridized carbons (Fsp3) is 0.391. The minimum Gasteiger partial charge on any atom is -0.497 e. The Kier molecular flexibility index (Phi) is 5.69. The molecule has 3 aromatic rings. The maximum absolute atomic E-state index is 6.13. The van der Waals surface area contributed by atoms with Crippen LogP contribution in [0.2, 0.25) is 0 Å². The van der Waals surface area contributed by atoms with E-state index in [2.05, 4.69) is 46.2 Å². The number of rotatable bonds is 5. The van der Waals surface area contributed by atoms with Crippen LogP contribution in [0.25, 0.3) is 10.8 Å². The van der Waals surface area contributed by atoms with Gasteiger partial charge in [0.15, 0.2) is 11.7 Å². The van der Waals surface area contributed by atoms with E-state index in [-0.39, 0.29) is 5.92 Å². The van der Waals surface area contributed by atoms with Gasteiger partial charge in [-0.2, -0.15) is 0 Å². The third-order valence-corrected chi connectivity index (χ3v) is 5.67. The van der Waals surface area contributed by atoms with Crippen molar-refractivity contribution >= 4 is 16.7 Å². The summed E-state index contributed by atoms with van der Waals surface area (Å²) in [5.41, 5.74) is 8.23. The van der Waals surface area contributed by atoms with E-state index in [4.69, 9.17) is 15.0 Å². The summed E-state index contributed by atoms with van der Waals surface area (Å²) < 4.78 is 10.8. The van der Waals surface area contributed by atoms with Gasteiger partial charge in [0.05, 0.1) is 12.8 Å². The minimum atomic E-state index is 0.127. The number of guanidine groups is 1. The van der Waals surface area contributed by atoms with Gasteiger partial charge in [0.25, 0.3) is 0 Å². The molecule has 0 radical (unpaired) electrons. The standard InChI is InChI=1S/C23H28N4O2/c1-16(17-6-7-19-13-20(28-2)9-8-18(19)12-17)22-14-21(29-26-22)15-25-23(24)27-10-4-3-5-11-27/h6-9,12-14,16H,3-5,10-11,15H2,1-2H3,(H2,24,25). The highest BCUT2D eigenvalue weighted by atomic mass is 16.5. The van der Waals surface area contributed by atoms with Crippen LogP contribution in [0.15, 0.2) is 52.0 Å². The quantitative estimate of drug-likeness (QED) is 0.518. The summed E-state index contributed by atoms with van der Waals surface area (Å²) in [5.74, 6) is 2.32. The molecule has 6 heteroatoms. The highest BCUT2D eigenvalue weighted by Gasteiger charge is 2.16. The van der Waals surface area contributed by atoms with Crippen molar-refractivity contribution in [2.45, 2.75) is 38.6 Å². The molecule has 0 spiro atoms. The highest BCUT2D eigenvalue weighted by molar-refractivity contribution is 5.84. The molecule has 1 aromatic heterocycles. The van der Waals surface area contributed by atoms with E-state index in [1.54, 1.807) is 7.11 Å². The zero-order valence-electron chi connectivity index (χ0n) is 17.1. The maximum Gasteiger partial charge on any atom is 0.191 e. The third-order valence-electron chi connectivity index (χ3n) is 5.67. The number of aromatic nitrogens is 1. The van der Waals surface area contributed by atoms with E-state index in [1.165, 1.54) is 30.2 Å². The Morgan fingerprint density at radius 2 is 1.90 bits per heavy atom. The molecule has 152 valence electrons. The second-order valence-corrected chi connectivity index (χ2v) is 7.63. The van der Waals surface area contributed by atoms with Crippen LogP contribution in [-0.4, -0.2) is 36.2 Å². The van der Waals surface area contributed by atoms with Gasteiger partial charge in [-0.15, -0.1) is 0 Å². The van der Waals surface area contributed by atoms with Crippen LogP contribution < -0.4 is 10.5 Å². The van der Waals surface area contributed by atoms with Crippen LogP contribution in [0.3, 0.4) is 0 Å². The molecule has 1 saturated heterocycles. The Morgan fingerprint density at radius 3 is 2.69 bits per heavy atom. The monoisotopic (exact) mass is 392 g/mol. The number of aliphatic imine (C=N–C) groups is 1. The summed E-state index contributed by atoms with van der Waals surface area (Å²) >= 11 is 0. The molecule has 0 saturated carbocycles. The summed E-state index contributed by atoms with van der Waals surface area (Å²) in [7, 11) is 1.68. The second kappa shape index (κ2) is 8.55. The SMILES string of the molecule is COc1ccc2cc(C(C)c3cc(CN=C(N)N4CCCCC4)on3)ccc2c1. The van der Waals surface area contributed by atoms with Crippen molar-refractivity contribution < 1.29 is 9.26 Å². The minimum absolute atomic E-state index is 0.127. The molecule has 0 aliphatic carbocycles. The zero-order valence-corrected chi connectivity index (χ0v) is 17.1. The Balaban J connectivity index is 1.46. The molecule has 2 heterocycles. The number of benzene rings is 2. The van der Waals surface area contributed by atoms with Crippen molar-refractivity contribution in [3.05, 3.63) is 59.5 Å². The van der Waals surface area contributed by atoms with Crippen molar-refractivity contribution in [3.63, 3.8) is 0 Å². The van der Waals surface area contributed by atoms with Gasteiger partial charge in [0, 0.05) is 25.1 Å². The number of likely N-dealkylation sites (tertiary alicyclic amines) is 1. The van der Waals surface area contributed by atoms with Crippen molar-refractivity contribution in [2.75, 3.05) is 20.2 Å². The first-order chi connectivity index (χ1) is 14.1. The lowest BCUT2D eigenvalue weighted by molar-refractivity contribution is 0.336. The maximum atomic E-state index is 6.13. The number of hydrogen-bond donors (Lipinski definition) is 1. The molecule has 29 heavy (non-hydrogen) atoms. The van der Waals surface area contributed by atoms with E-state index < -0.39 is 0 Å². The van der Waals surface area contributed by atoms with Crippen LogP contribution >= 0.6 is 0 Å². The van der Waals surface area contributed by atoms with Crippen LogP contribution in [0.4, 0.5) is 0 Å². The lowest BCUT2D eigenvalue weighted by Gasteiger charge is -2.27. The predicted molar refractivity (Wildman–Crippen MR) is 115 cm³/mol. The number of fused-ring (bicyclic) bond motifs is 1. The first-order valence-electron chi connectivity index (χ1n) is 10.2. The Bertz CT molecular complexity index is 1010. The number of ether oxygens (including phenoxy) is 1. The van der Waals surface area contributed by atoms with Gasteiger partial charge < -0.3 is 19.9 Å². The molecule has 1 aliphatic rings. The van der Waals surface area contributed by atoms with E-state index in [9.17, 15) is 0 Å². The average molecular weight is 393 g/mol. The molecule has 6 nitrogen and oxygen atoms in total.